The molecule has 4 aliphatic heterocycles. The molecule has 0 N–H and O–H groups in total. The maximum atomic E-state index is 12.3. The van der Waals surface area contributed by atoms with Gasteiger partial charge in [-0.2, -0.15) is 0 Å². The van der Waals surface area contributed by atoms with Gasteiger partial charge in [-0.15, -0.1) is 0 Å². The highest BCUT2D eigenvalue weighted by molar-refractivity contribution is 8.75. The number of hydrogen-bond donors (Lipinski definition) is 0. The Balaban J connectivity index is 0.000000152. The van der Waals surface area contributed by atoms with Crippen molar-refractivity contribution in [2.24, 2.45) is 0 Å². The maximum Gasteiger partial charge on any atom is 0.272 e. The molecule has 8 rings (SSSR count). The van der Waals surface area contributed by atoms with Crippen LogP contribution in [0.4, 0.5) is 0 Å². The molecular formula is C32H16N4O8S4. The molecule has 8 amide bonds. The van der Waals surface area contributed by atoms with E-state index < -0.39 is 47.3 Å². The number of benzene rings is 4. The van der Waals surface area contributed by atoms with Gasteiger partial charge in [0.2, 0.25) is 0 Å². The van der Waals surface area contributed by atoms with Crippen molar-refractivity contribution in [1.82, 2.24) is 17.2 Å². The molecule has 4 heterocycles. The quantitative estimate of drug-likeness (QED) is 0.140. The first-order chi connectivity index (χ1) is 23.2. The summed E-state index contributed by atoms with van der Waals surface area (Å²) in [6.07, 6.45) is 0. The van der Waals surface area contributed by atoms with Crippen molar-refractivity contribution in [3.8, 4) is 0 Å². The van der Waals surface area contributed by atoms with Gasteiger partial charge in [0.25, 0.3) is 47.3 Å². The Bertz CT molecular complexity index is 1720. The summed E-state index contributed by atoms with van der Waals surface area (Å²) >= 11 is 0. The van der Waals surface area contributed by atoms with Crippen LogP contribution in [0.5, 0.6) is 0 Å². The summed E-state index contributed by atoms with van der Waals surface area (Å²) in [5, 5.41) is 0. The first kappa shape index (κ1) is 31.4. The topological polar surface area (TPSA) is 150 Å². The average Bonchev–Trinajstić information content (AvgIpc) is 3.71. The first-order valence-corrected chi connectivity index (χ1v) is 17.9. The van der Waals surface area contributed by atoms with E-state index >= 15 is 0 Å². The summed E-state index contributed by atoms with van der Waals surface area (Å²) in [5.41, 5.74) is 2.54. The van der Waals surface area contributed by atoms with Crippen molar-refractivity contribution in [3.63, 3.8) is 0 Å². The van der Waals surface area contributed by atoms with Gasteiger partial charge < -0.3 is 0 Å². The number of rotatable bonds is 6. The predicted molar refractivity (Wildman–Crippen MR) is 178 cm³/mol. The first-order valence-electron chi connectivity index (χ1n) is 13.8. The van der Waals surface area contributed by atoms with Gasteiger partial charge >= 0.3 is 0 Å². The summed E-state index contributed by atoms with van der Waals surface area (Å²) in [5.74, 6) is -3.63. The largest absolute Gasteiger partial charge is 0.272 e. The van der Waals surface area contributed by atoms with Gasteiger partial charge in [0.1, 0.15) is 0 Å². The minimum absolute atomic E-state index is 0.318. The van der Waals surface area contributed by atoms with E-state index in [0.717, 1.165) is 61.1 Å². The molecule has 0 atom stereocenters. The molecule has 0 radical (unpaired) electrons. The van der Waals surface area contributed by atoms with E-state index in [4.69, 9.17) is 0 Å². The molecule has 0 saturated carbocycles. The lowest BCUT2D eigenvalue weighted by atomic mass is 10.1. The zero-order chi connectivity index (χ0) is 33.7. The van der Waals surface area contributed by atoms with Crippen LogP contribution in [0.2, 0.25) is 0 Å². The molecular weight excluding hydrogens is 697 g/mol. The zero-order valence-corrected chi connectivity index (χ0v) is 27.2. The third-order valence-electron chi connectivity index (χ3n) is 7.39. The summed E-state index contributed by atoms with van der Waals surface area (Å²) < 4.78 is 3.83. The van der Waals surface area contributed by atoms with Crippen LogP contribution in [-0.4, -0.2) is 64.5 Å². The van der Waals surface area contributed by atoms with Crippen molar-refractivity contribution < 1.29 is 38.4 Å². The predicted octanol–water partition coefficient (Wildman–Crippen LogP) is 5.58. The standard InChI is InChI=1S/2C16H8N2O4S2/c2*19-13-9-5-1-2-6-10(9)14(20)17(13)23-24-18-15(21)11-7-3-4-8-12(11)16(18)22/h2*1-8H. The van der Waals surface area contributed by atoms with Crippen LogP contribution in [0, 0.1) is 0 Å². The van der Waals surface area contributed by atoms with Gasteiger partial charge in [0, 0.05) is 0 Å². The highest BCUT2D eigenvalue weighted by atomic mass is 33.1. The lowest BCUT2D eigenvalue weighted by Crippen LogP contribution is -2.25. The molecule has 0 fully saturated rings. The lowest BCUT2D eigenvalue weighted by molar-refractivity contribution is 0.0757. The molecule has 0 aromatic heterocycles. The normalized spacial score (nSPS) is 16.0. The van der Waals surface area contributed by atoms with Crippen LogP contribution >= 0.6 is 43.9 Å². The molecule has 0 saturated heterocycles. The van der Waals surface area contributed by atoms with E-state index in [0.29, 0.717) is 44.5 Å². The van der Waals surface area contributed by atoms with Gasteiger partial charge in [-0.05, 0) is 48.5 Å². The zero-order valence-electron chi connectivity index (χ0n) is 23.9. The van der Waals surface area contributed by atoms with Crippen LogP contribution in [0.1, 0.15) is 82.9 Å². The summed E-state index contributed by atoms with van der Waals surface area (Å²) in [7, 11) is 3.07. The molecule has 16 heteroatoms. The summed E-state index contributed by atoms with van der Waals surface area (Å²) in [4.78, 5) is 98.2. The highest BCUT2D eigenvalue weighted by Crippen LogP contribution is 2.41. The monoisotopic (exact) mass is 712 g/mol. The van der Waals surface area contributed by atoms with E-state index in [-0.39, 0.29) is 0 Å². The van der Waals surface area contributed by atoms with E-state index in [2.05, 4.69) is 0 Å². The van der Waals surface area contributed by atoms with Crippen LogP contribution in [0.15, 0.2) is 97.1 Å². The molecule has 4 aromatic rings. The molecule has 4 aromatic carbocycles. The Morgan fingerprint density at radius 3 is 0.500 bits per heavy atom. The third-order valence-corrected chi connectivity index (χ3v) is 11.6. The Hall–Kier alpha value is -5.16. The second-order valence-electron chi connectivity index (χ2n) is 10.1. The molecule has 0 spiro atoms. The minimum atomic E-state index is -0.454. The van der Waals surface area contributed by atoms with E-state index in [9.17, 15) is 38.4 Å². The third kappa shape index (κ3) is 5.09. The fraction of sp³-hybridized carbons (Fsp3) is 0. The van der Waals surface area contributed by atoms with E-state index in [1.54, 1.807) is 97.1 Å². The number of carbonyl (C=O) groups is 8. The second-order valence-corrected chi connectivity index (χ2v) is 13.9. The van der Waals surface area contributed by atoms with E-state index in [1.165, 1.54) is 0 Å². The fourth-order valence-electron chi connectivity index (χ4n) is 5.07. The Morgan fingerprint density at radius 1 is 0.250 bits per heavy atom. The van der Waals surface area contributed by atoms with Gasteiger partial charge in [0.15, 0.2) is 0 Å². The number of fused-ring (bicyclic) bond motifs is 4. The SMILES string of the molecule is O=C1c2ccccc2C(=O)N1SSN1C(=O)c2ccccc2C1=O.O=C1c2ccccc2C(=O)N1SSN1C(=O)c2ccccc2C1=O. The Kier molecular flexibility index (Phi) is 8.16. The molecule has 4 aliphatic rings. The van der Waals surface area contributed by atoms with E-state index in [1.807, 2.05) is 0 Å². The average molecular weight is 713 g/mol. The van der Waals surface area contributed by atoms with Crippen LogP contribution in [-0.2, 0) is 0 Å². The van der Waals surface area contributed by atoms with Crippen molar-refractivity contribution in [2.45, 2.75) is 0 Å². The fourth-order valence-corrected chi connectivity index (χ4v) is 9.09. The van der Waals surface area contributed by atoms with Crippen molar-refractivity contribution in [3.05, 3.63) is 142 Å². The van der Waals surface area contributed by atoms with Gasteiger partial charge in [-0.1, -0.05) is 48.5 Å². The second kappa shape index (κ2) is 12.5. The number of nitrogens with zero attached hydrogens (tertiary/aromatic N) is 4. The molecule has 0 aliphatic carbocycles. The Morgan fingerprint density at radius 2 is 0.375 bits per heavy atom. The lowest BCUT2D eigenvalue weighted by Gasteiger charge is -2.15. The van der Waals surface area contributed by atoms with Gasteiger partial charge in [-0.3, -0.25) is 38.4 Å². The molecule has 48 heavy (non-hydrogen) atoms. The number of imide groups is 4. The molecule has 0 bridgehead atoms. The smallest absolute Gasteiger partial charge is 0.268 e. The molecule has 236 valence electrons. The maximum absolute atomic E-state index is 12.3. The van der Waals surface area contributed by atoms with Gasteiger partial charge in [0.05, 0.1) is 88.4 Å². The van der Waals surface area contributed by atoms with Crippen molar-refractivity contribution >= 4 is 91.2 Å². The van der Waals surface area contributed by atoms with Gasteiger partial charge in [-0.25, -0.2) is 17.2 Å². The minimum Gasteiger partial charge on any atom is -0.268 e. The summed E-state index contributed by atoms with van der Waals surface area (Å²) in [6, 6.07) is 26.0. The van der Waals surface area contributed by atoms with Crippen LogP contribution in [0.25, 0.3) is 0 Å². The Labute approximate surface area is 287 Å². The van der Waals surface area contributed by atoms with Crippen LogP contribution < -0.4 is 0 Å². The highest BCUT2D eigenvalue weighted by Gasteiger charge is 2.42. The molecule has 0 unspecified atom stereocenters. The summed E-state index contributed by atoms with van der Waals surface area (Å²) in [6.45, 7) is 0. The number of amides is 8. The van der Waals surface area contributed by atoms with Crippen LogP contribution in [0.3, 0.4) is 0 Å². The van der Waals surface area contributed by atoms with Crippen molar-refractivity contribution in [2.75, 3.05) is 0 Å². The number of carbonyl (C=O) groups excluding carboxylic acids is 8. The molecule has 12 nitrogen and oxygen atoms in total. The number of hydrogen-bond acceptors (Lipinski definition) is 12. The van der Waals surface area contributed by atoms with Crippen molar-refractivity contribution in [1.29, 1.82) is 0 Å².